The Morgan fingerprint density at radius 1 is 1.10 bits per heavy atom. The molecule has 1 saturated heterocycles. The molecule has 1 amide bonds. The molecule has 2 aliphatic heterocycles. The number of rotatable bonds is 4. The lowest BCUT2D eigenvalue weighted by molar-refractivity contribution is -0.112. The van der Waals surface area contributed by atoms with Gasteiger partial charge in [-0.15, -0.1) is 10.2 Å². The van der Waals surface area contributed by atoms with Crippen LogP contribution in [-0.4, -0.2) is 65.3 Å². The molecule has 8 heteroatoms. The molecule has 0 saturated carbocycles. The first-order valence-electron chi connectivity index (χ1n) is 9.59. The Kier molecular flexibility index (Phi) is 4.49. The summed E-state index contributed by atoms with van der Waals surface area (Å²) in [6.07, 6.45) is 0. The lowest BCUT2D eigenvalue weighted by Gasteiger charge is -2.26. The van der Waals surface area contributed by atoms with Gasteiger partial charge in [0.25, 0.3) is 5.91 Å². The topological polar surface area (TPSA) is 83.8 Å². The van der Waals surface area contributed by atoms with Crippen LogP contribution >= 0.6 is 0 Å². The lowest BCUT2D eigenvalue weighted by Crippen LogP contribution is -2.35. The fraction of sp³-hybridized carbons (Fsp3) is 0.286. The molecule has 146 valence electrons. The van der Waals surface area contributed by atoms with Gasteiger partial charge in [0.1, 0.15) is 5.69 Å². The molecule has 0 atom stereocenters. The molecule has 1 fully saturated rings. The fourth-order valence-electron chi connectivity index (χ4n) is 3.72. The highest BCUT2D eigenvalue weighted by Crippen LogP contribution is 2.33. The molecule has 0 aliphatic carbocycles. The van der Waals surface area contributed by atoms with Crippen molar-refractivity contribution in [3.63, 3.8) is 0 Å². The van der Waals surface area contributed by atoms with Gasteiger partial charge in [-0.1, -0.05) is 18.2 Å². The highest BCUT2D eigenvalue weighted by atomic mass is 16.5. The van der Waals surface area contributed by atoms with Crippen LogP contribution < -0.4 is 4.90 Å². The summed E-state index contributed by atoms with van der Waals surface area (Å²) in [4.78, 5) is 21.6. The second-order valence-electron chi connectivity index (χ2n) is 7.19. The van der Waals surface area contributed by atoms with E-state index in [1.807, 2.05) is 30.3 Å². The molecule has 0 unspecified atom stereocenters. The van der Waals surface area contributed by atoms with Crippen LogP contribution in [0.25, 0.3) is 10.9 Å². The number of aromatic nitrogens is 3. The van der Waals surface area contributed by atoms with Crippen LogP contribution in [0.4, 0.5) is 11.4 Å². The van der Waals surface area contributed by atoms with Gasteiger partial charge in [0.2, 0.25) is 0 Å². The van der Waals surface area contributed by atoms with Crippen molar-refractivity contribution in [1.29, 1.82) is 0 Å². The van der Waals surface area contributed by atoms with Crippen molar-refractivity contribution in [2.45, 2.75) is 6.54 Å². The van der Waals surface area contributed by atoms with Crippen LogP contribution in [0.15, 0.2) is 47.5 Å². The second kappa shape index (κ2) is 7.31. The number of nitrogens with zero attached hydrogens (tertiary/aromatic N) is 6. The van der Waals surface area contributed by atoms with E-state index in [-0.39, 0.29) is 5.91 Å². The average Bonchev–Trinajstić information content (AvgIpc) is 3.15. The van der Waals surface area contributed by atoms with Crippen molar-refractivity contribution in [3.8, 4) is 0 Å². The van der Waals surface area contributed by atoms with Crippen LogP contribution in [0.5, 0.6) is 0 Å². The van der Waals surface area contributed by atoms with Crippen molar-refractivity contribution in [1.82, 2.24) is 20.3 Å². The summed E-state index contributed by atoms with van der Waals surface area (Å²) in [6.45, 7) is 4.34. The van der Waals surface area contributed by atoms with E-state index in [0.29, 0.717) is 22.6 Å². The number of morpholine rings is 1. The number of benzene rings is 2. The van der Waals surface area contributed by atoms with Gasteiger partial charge < -0.3 is 9.64 Å². The number of amides is 1. The van der Waals surface area contributed by atoms with Crippen LogP contribution in [0, 0.1) is 0 Å². The smallest absolute Gasteiger partial charge is 0.278 e. The molecule has 8 nitrogen and oxygen atoms in total. The number of hydrogen-bond donors (Lipinski definition) is 0. The van der Waals surface area contributed by atoms with E-state index in [4.69, 9.17) is 4.74 Å². The van der Waals surface area contributed by atoms with Gasteiger partial charge in [0.15, 0.2) is 5.71 Å². The number of carbonyl (C=O) groups excluding carboxylic acids is 1. The SMILES string of the molecule is CN(C(=O)C1=Nc2cccc3nnnc1c23)c1ccc(CN2CCOCC2)cc1. The van der Waals surface area contributed by atoms with Gasteiger partial charge in [0, 0.05) is 32.4 Å². The summed E-state index contributed by atoms with van der Waals surface area (Å²) in [7, 11) is 1.75. The number of hydrogen-bond acceptors (Lipinski definition) is 7. The number of aliphatic imine (C=N–C) groups is 1. The van der Waals surface area contributed by atoms with Gasteiger partial charge in [-0.25, -0.2) is 4.99 Å². The zero-order valence-electron chi connectivity index (χ0n) is 16.1. The standard InChI is InChI=1S/C21H20N6O2/c1-26(15-7-5-14(6-8-15)13-27-9-11-29-12-10-27)21(28)20-19-18-16(22-20)3-2-4-17(18)23-25-24-19/h2-8H,9-13H2,1H3. The summed E-state index contributed by atoms with van der Waals surface area (Å²) >= 11 is 0. The Morgan fingerprint density at radius 2 is 1.90 bits per heavy atom. The average molecular weight is 388 g/mol. The summed E-state index contributed by atoms with van der Waals surface area (Å²) in [6, 6.07) is 13.6. The van der Waals surface area contributed by atoms with Gasteiger partial charge in [-0.3, -0.25) is 9.69 Å². The molecule has 29 heavy (non-hydrogen) atoms. The molecule has 0 radical (unpaired) electrons. The van der Waals surface area contributed by atoms with Crippen molar-refractivity contribution in [2.24, 2.45) is 4.99 Å². The second-order valence-corrected chi connectivity index (χ2v) is 7.19. The Morgan fingerprint density at radius 3 is 2.69 bits per heavy atom. The van der Waals surface area contributed by atoms with E-state index in [9.17, 15) is 4.79 Å². The molecular weight excluding hydrogens is 368 g/mol. The van der Waals surface area contributed by atoms with Gasteiger partial charge in [-0.05, 0) is 35.0 Å². The van der Waals surface area contributed by atoms with Crippen LogP contribution in [-0.2, 0) is 16.1 Å². The fourth-order valence-corrected chi connectivity index (χ4v) is 3.72. The van der Waals surface area contributed by atoms with Gasteiger partial charge >= 0.3 is 0 Å². The third-order valence-corrected chi connectivity index (χ3v) is 5.35. The molecule has 3 aromatic rings. The zero-order chi connectivity index (χ0) is 19.8. The number of anilines is 1. The molecule has 1 aromatic heterocycles. The summed E-state index contributed by atoms with van der Waals surface area (Å²) < 4.78 is 5.40. The number of carbonyl (C=O) groups is 1. The predicted octanol–water partition coefficient (Wildman–Crippen LogP) is 1.95. The van der Waals surface area contributed by atoms with E-state index in [2.05, 4.69) is 37.4 Å². The van der Waals surface area contributed by atoms with E-state index < -0.39 is 0 Å². The van der Waals surface area contributed by atoms with Crippen LogP contribution in [0.1, 0.15) is 11.3 Å². The molecule has 0 bridgehead atoms. The Balaban J connectivity index is 1.35. The Bertz CT molecular complexity index is 1100. The molecular formula is C21H20N6O2. The first-order chi connectivity index (χ1) is 14.2. The first kappa shape index (κ1) is 17.8. The maximum atomic E-state index is 13.1. The summed E-state index contributed by atoms with van der Waals surface area (Å²) in [5.41, 5.74) is 4.20. The molecule has 2 aromatic carbocycles. The predicted molar refractivity (Wildman–Crippen MR) is 109 cm³/mol. The monoisotopic (exact) mass is 388 g/mol. The lowest BCUT2D eigenvalue weighted by atomic mass is 10.1. The Hall–Kier alpha value is -3.23. The minimum atomic E-state index is -0.219. The van der Waals surface area contributed by atoms with E-state index in [0.717, 1.165) is 43.9 Å². The summed E-state index contributed by atoms with van der Waals surface area (Å²) in [5.74, 6) is -0.219. The van der Waals surface area contributed by atoms with E-state index in [1.165, 1.54) is 5.56 Å². The minimum absolute atomic E-state index is 0.219. The first-order valence-corrected chi connectivity index (χ1v) is 9.59. The summed E-state index contributed by atoms with van der Waals surface area (Å²) in [5, 5.41) is 12.7. The minimum Gasteiger partial charge on any atom is -0.379 e. The third-order valence-electron chi connectivity index (χ3n) is 5.35. The highest BCUT2D eigenvalue weighted by molar-refractivity contribution is 6.52. The normalized spacial score (nSPS) is 16.1. The van der Waals surface area contributed by atoms with Crippen molar-refractivity contribution in [2.75, 3.05) is 38.3 Å². The molecule has 2 aliphatic rings. The molecule has 0 N–H and O–H groups in total. The van der Waals surface area contributed by atoms with Crippen LogP contribution in [0.3, 0.4) is 0 Å². The van der Waals surface area contributed by atoms with Crippen molar-refractivity contribution < 1.29 is 9.53 Å². The van der Waals surface area contributed by atoms with Gasteiger partial charge in [-0.2, -0.15) is 0 Å². The number of likely N-dealkylation sites (N-methyl/N-ethyl adjacent to an activating group) is 1. The molecule has 3 heterocycles. The Labute approximate surface area is 167 Å². The van der Waals surface area contributed by atoms with Gasteiger partial charge in [0.05, 0.1) is 29.8 Å². The largest absolute Gasteiger partial charge is 0.379 e. The molecule has 0 spiro atoms. The van der Waals surface area contributed by atoms with E-state index >= 15 is 0 Å². The zero-order valence-corrected chi connectivity index (χ0v) is 16.1. The third kappa shape index (κ3) is 3.26. The molecule has 5 rings (SSSR count). The van der Waals surface area contributed by atoms with E-state index in [1.54, 1.807) is 11.9 Å². The maximum Gasteiger partial charge on any atom is 0.278 e. The van der Waals surface area contributed by atoms with Crippen LogP contribution in [0.2, 0.25) is 0 Å². The highest BCUT2D eigenvalue weighted by Gasteiger charge is 2.29. The number of ether oxygens (including phenoxy) is 1. The van der Waals surface area contributed by atoms with Crippen molar-refractivity contribution >= 4 is 33.9 Å². The van der Waals surface area contributed by atoms with Crippen molar-refractivity contribution in [3.05, 3.63) is 53.7 Å². The quantitative estimate of drug-likeness (QED) is 0.679. The maximum absolute atomic E-state index is 13.1.